The van der Waals surface area contributed by atoms with E-state index in [1.807, 2.05) is 19.1 Å². The fourth-order valence-electron chi connectivity index (χ4n) is 2.00. The van der Waals surface area contributed by atoms with Crippen LogP contribution in [0.3, 0.4) is 0 Å². The molecule has 2 rings (SSSR count). The summed E-state index contributed by atoms with van der Waals surface area (Å²) in [6.07, 6.45) is 2.64. The molecular formula is C15H15NO4. The van der Waals surface area contributed by atoms with Gasteiger partial charge in [0.05, 0.1) is 14.2 Å². The first-order valence-corrected chi connectivity index (χ1v) is 5.99. The van der Waals surface area contributed by atoms with E-state index in [-0.39, 0.29) is 0 Å². The first kappa shape index (κ1) is 13.9. The van der Waals surface area contributed by atoms with Crippen molar-refractivity contribution in [2.24, 2.45) is 0 Å². The molecule has 1 heterocycles. The van der Waals surface area contributed by atoms with Gasteiger partial charge in [-0.25, -0.2) is 9.78 Å². The smallest absolute Gasteiger partial charge is 0.328 e. The highest BCUT2D eigenvalue weighted by molar-refractivity contribution is 5.96. The molecule has 0 aliphatic carbocycles. The summed E-state index contributed by atoms with van der Waals surface area (Å²) < 4.78 is 10.6. The van der Waals surface area contributed by atoms with E-state index in [1.54, 1.807) is 20.3 Å². The maximum absolute atomic E-state index is 10.7. The van der Waals surface area contributed by atoms with Gasteiger partial charge in [0.25, 0.3) is 0 Å². The van der Waals surface area contributed by atoms with Gasteiger partial charge < -0.3 is 14.6 Å². The van der Waals surface area contributed by atoms with Gasteiger partial charge in [-0.3, -0.25) is 0 Å². The van der Waals surface area contributed by atoms with Crippen molar-refractivity contribution in [3.05, 3.63) is 35.5 Å². The van der Waals surface area contributed by atoms with Gasteiger partial charge in [0.15, 0.2) is 0 Å². The summed E-state index contributed by atoms with van der Waals surface area (Å²) in [4.78, 5) is 15.1. The Kier molecular flexibility index (Phi) is 3.89. The van der Waals surface area contributed by atoms with E-state index < -0.39 is 5.97 Å². The van der Waals surface area contributed by atoms with Crippen LogP contribution < -0.4 is 9.47 Å². The van der Waals surface area contributed by atoms with Crippen molar-refractivity contribution in [3.8, 4) is 11.5 Å². The lowest BCUT2D eigenvalue weighted by molar-refractivity contribution is -0.131. The molecule has 0 atom stereocenters. The number of rotatable bonds is 4. The van der Waals surface area contributed by atoms with Crippen molar-refractivity contribution < 1.29 is 19.4 Å². The standard InChI is InChI=1S/C15H15NO4/c1-9-6-10(4-5-14(17)18)12-7-11(19-2)8-13(20-3)15(12)16-9/h4-8H,1-3H3,(H,17,18)/b5-4+. The molecule has 1 aromatic carbocycles. The molecule has 0 saturated heterocycles. The van der Waals surface area contributed by atoms with E-state index in [9.17, 15) is 4.79 Å². The number of hydrogen-bond donors (Lipinski definition) is 1. The van der Waals surface area contributed by atoms with Gasteiger partial charge in [-0.1, -0.05) is 0 Å². The fraction of sp³-hybridized carbons (Fsp3) is 0.200. The Bertz CT molecular complexity index is 692. The molecule has 2 aromatic rings. The molecule has 1 aromatic heterocycles. The molecule has 5 heteroatoms. The van der Waals surface area contributed by atoms with Gasteiger partial charge in [-0.05, 0) is 30.7 Å². The first-order valence-electron chi connectivity index (χ1n) is 5.99. The van der Waals surface area contributed by atoms with Gasteiger partial charge in [0, 0.05) is 23.2 Å². The van der Waals surface area contributed by atoms with Crippen LogP contribution in [0.4, 0.5) is 0 Å². The number of carboxylic acids is 1. The normalized spacial score (nSPS) is 10.9. The highest BCUT2D eigenvalue weighted by atomic mass is 16.5. The summed E-state index contributed by atoms with van der Waals surface area (Å²) in [7, 11) is 3.12. The zero-order chi connectivity index (χ0) is 14.7. The third kappa shape index (κ3) is 2.71. The molecule has 20 heavy (non-hydrogen) atoms. The van der Waals surface area contributed by atoms with Crippen LogP contribution in [0.2, 0.25) is 0 Å². The van der Waals surface area contributed by atoms with E-state index in [1.165, 1.54) is 6.08 Å². The molecule has 0 spiro atoms. The monoisotopic (exact) mass is 273 g/mol. The fourth-order valence-corrected chi connectivity index (χ4v) is 2.00. The van der Waals surface area contributed by atoms with Gasteiger partial charge >= 0.3 is 5.97 Å². The van der Waals surface area contributed by atoms with Crippen LogP contribution in [-0.4, -0.2) is 30.3 Å². The number of nitrogens with zero attached hydrogens (tertiary/aromatic N) is 1. The van der Waals surface area contributed by atoms with Gasteiger partial charge in [-0.2, -0.15) is 0 Å². The Balaban J connectivity index is 2.76. The minimum Gasteiger partial charge on any atom is -0.497 e. The van der Waals surface area contributed by atoms with Crippen molar-refractivity contribution in [2.45, 2.75) is 6.92 Å². The summed E-state index contributed by atoms with van der Waals surface area (Å²) in [5, 5.41) is 9.55. The van der Waals surface area contributed by atoms with Crippen LogP contribution in [0.25, 0.3) is 17.0 Å². The van der Waals surface area contributed by atoms with E-state index in [4.69, 9.17) is 14.6 Å². The number of methoxy groups -OCH3 is 2. The molecule has 0 saturated carbocycles. The van der Waals surface area contributed by atoms with Crippen LogP contribution in [-0.2, 0) is 4.79 Å². The van der Waals surface area contributed by atoms with Crippen LogP contribution in [0.15, 0.2) is 24.3 Å². The number of ether oxygens (including phenoxy) is 2. The van der Waals surface area contributed by atoms with Crippen LogP contribution in [0.1, 0.15) is 11.3 Å². The third-order valence-electron chi connectivity index (χ3n) is 2.87. The lowest BCUT2D eigenvalue weighted by Gasteiger charge is -2.11. The van der Waals surface area contributed by atoms with Crippen molar-refractivity contribution >= 4 is 22.9 Å². The Morgan fingerprint density at radius 3 is 2.60 bits per heavy atom. The molecule has 0 bridgehead atoms. The average molecular weight is 273 g/mol. The number of hydrogen-bond acceptors (Lipinski definition) is 4. The quantitative estimate of drug-likeness (QED) is 0.867. The predicted molar refractivity (Wildman–Crippen MR) is 76.3 cm³/mol. The number of aromatic nitrogens is 1. The van der Waals surface area contributed by atoms with Crippen molar-refractivity contribution in [1.29, 1.82) is 0 Å². The highest BCUT2D eigenvalue weighted by Gasteiger charge is 2.10. The number of fused-ring (bicyclic) bond motifs is 1. The lowest BCUT2D eigenvalue weighted by Crippen LogP contribution is -1.95. The second kappa shape index (κ2) is 5.61. The minimum atomic E-state index is -0.998. The van der Waals surface area contributed by atoms with Gasteiger partial charge in [0.1, 0.15) is 17.0 Å². The summed E-state index contributed by atoms with van der Waals surface area (Å²) in [5.74, 6) is 0.223. The zero-order valence-corrected chi connectivity index (χ0v) is 11.5. The van der Waals surface area contributed by atoms with E-state index in [2.05, 4.69) is 4.98 Å². The van der Waals surface area contributed by atoms with Crippen molar-refractivity contribution in [2.75, 3.05) is 14.2 Å². The van der Waals surface area contributed by atoms with E-state index >= 15 is 0 Å². The van der Waals surface area contributed by atoms with E-state index in [0.717, 1.165) is 22.7 Å². The number of aryl methyl sites for hydroxylation is 1. The Labute approximate surface area is 116 Å². The summed E-state index contributed by atoms with van der Waals surface area (Å²) in [5.41, 5.74) is 2.22. The second-order valence-corrected chi connectivity index (χ2v) is 4.25. The Hall–Kier alpha value is -2.56. The molecule has 104 valence electrons. The van der Waals surface area contributed by atoms with Gasteiger partial charge in [-0.15, -0.1) is 0 Å². The number of carbonyl (C=O) groups is 1. The Morgan fingerprint density at radius 1 is 1.25 bits per heavy atom. The predicted octanol–water partition coefficient (Wildman–Crippen LogP) is 2.66. The molecule has 0 amide bonds. The molecule has 0 radical (unpaired) electrons. The highest BCUT2D eigenvalue weighted by Crippen LogP contribution is 2.32. The molecule has 0 aliphatic rings. The topological polar surface area (TPSA) is 68.7 Å². The molecule has 5 nitrogen and oxygen atoms in total. The molecule has 1 N–H and O–H groups in total. The maximum atomic E-state index is 10.7. The summed E-state index contributed by atoms with van der Waals surface area (Å²) >= 11 is 0. The van der Waals surface area contributed by atoms with Crippen molar-refractivity contribution in [3.63, 3.8) is 0 Å². The molecule has 0 fully saturated rings. The first-order chi connectivity index (χ1) is 9.55. The number of benzene rings is 1. The SMILES string of the molecule is COc1cc(OC)c2nc(C)cc(/C=C/C(=O)O)c2c1. The zero-order valence-electron chi connectivity index (χ0n) is 11.5. The average Bonchev–Trinajstić information content (AvgIpc) is 2.43. The summed E-state index contributed by atoms with van der Waals surface area (Å²) in [6.45, 7) is 1.85. The largest absolute Gasteiger partial charge is 0.497 e. The lowest BCUT2D eigenvalue weighted by atomic mass is 10.1. The molecule has 0 aliphatic heterocycles. The van der Waals surface area contributed by atoms with E-state index in [0.29, 0.717) is 17.0 Å². The molecule has 0 unspecified atom stereocenters. The summed E-state index contributed by atoms with van der Waals surface area (Å²) in [6, 6.07) is 5.38. The minimum absolute atomic E-state index is 0.591. The number of carboxylic acid groups (broad SMARTS) is 1. The Morgan fingerprint density at radius 2 is 2.00 bits per heavy atom. The molecular weight excluding hydrogens is 258 g/mol. The maximum Gasteiger partial charge on any atom is 0.328 e. The number of aliphatic carboxylic acids is 1. The second-order valence-electron chi connectivity index (χ2n) is 4.25. The third-order valence-corrected chi connectivity index (χ3v) is 2.87. The van der Waals surface area contributed by atoms with Crippen molar-refractivity contribution in [1.82, 2.24) is 4.98 Å². The number of pyridine rings is 1. The van der Waals surface area contributed by atoms with Crippen LogP contribution >= 0.6 is 0 Å². The van der Waals surface area contributed by atoms with Crippen LogP contribution in [0.5, 0.6) is 11.5 Å². The van der Waals surface area contributed by atoms with Gasteiger partial charge in [0.2, 0.25) is 0 Å². The van der Waals surface area contributed by atoms with Crippen LogP contribution in [0, 0.1) is 6.92 Å².